The van der Waals surface area contributed by atoms with Gasteiger partial charge in [0.2, 0.25) is 5.91 Å². The van der Waals surface area contributed by atoms with Crippen LogP contribution in [0.25, 0.3) is 22.2 Å². The number of nitrogens with one attached hydrogen (secondary N) is 3. The second-order valence-electron chi connectivity index (χ2n) is 10.5. The summed E-state index contributed by atoms with van der Waals surface area (Å²) >= 11 is 1.24. The lowest BCUT2D eigenvalue weighted by Crippen LogP contribution is -2.53. The van der Waals surface area contributed by atoms with E-state index in [-0.39, 0.29) is 23.8 Å². The summed E-state index contributed by atoms with van der Waals surface area (Å²) in [6, 6.07) is 26.7. The Morgan fingerprint density at radius 1 is 1.07 bits per heavy atom. The summed E-state index contributed by atoms with van der Waals surface area (Å²) in [5, 5.41) is 7.17. The molecule has 1 saturated carbocycles. The maximum absolute atomic E-state index is 13.4. The number of aromatic nitrogens is 1. The Bertz CT molecular complexity index is 1620. The standard InChI is InChI=1S/C33H32N4O4S/c1-3-22-19-33(22,32(39)37-42-25-12-8-5-9-13-25)36-31(38)29-17-24(20-34-29)41-30-18-27(21-10-6-4-7-11-21)35-28-16-23(40-2)14-15-26(28)30/h3-16,18,22,24,29,34H,1,17,19-20H2,2H3,(H,36,38)(H,37,39)/t22-,24-,29+,33-/m1/s1. The van der Waals surface area contributed by atoms with E-state index in [9.17, 15) is 9.59 Å². The lowest BCUT2D eigenvalue weighted by Gasteiger charge is -2.21. The molecule has 1 aromatic heterocycles. The highest BCUT2D eigenvalue weighted by Gasteiger charge is 2.60. The molecule has 2 amide bonds. The number of carbonyl (C=O) groups excluding carboxylic acids is 2. The zero-order chi connectivity index (χ0) is 29.1. The topological polar surface area (TPSA) is 102 Å². The zero-order valence-corrected chi connectivity index (χ0v) is 24.0. The first-order valence-corrected chi connectivity index (χ1v) is 14.7. The first-order valence-electron chi connectivity index (χ1n) is 13.9. The number of pyridine rings is 1. The molecule has 2 aliphatic rings. The van der Waals surface area contributed by atoms with Crippen molar-refractivity contribution in [2.24, 2.45) is 5.92 Å². The van der Waals surface area contributed by atoms with Crippen LogP contribution in [0.5, 0.6) is 11.5 Å². The van der Waals surface area contributed by atoms with E-state index in [1.54, 1.807) is 13.2 Å². The normalized spacial score (nSPS) is 22.7. The molecule has 3 aromatic carbocycles. The van der Waals surface area contributed by atoms with Gasteiger partial charge in [-0.25, -0.2) is 4.98 Å². The van der Waals surface area contributed by atoms with Crippen LogP contribution >= 0.6 is 11.9 Å². The van der Waals surface area contributed by atoms with E-state index in [1.165, 1.54) is 11.9 Å². The second kappa shape index (κ2) is 11.9. The van der Waals surface area contributed by atoms with Crippen molar-refractivity contribution in [3.8, 4) is 22.8 Å². The van der Waals surface area contributed by atoms with Gasteiger partial charge in [-0.2, -0.15) is 0 Å². The largest absolute Gasteiger partial charge is 0.497 e. The number of ether oxygens (including phenoxy) is 2. The van der Waals surface area contributed by atoms with Crippen LogP contribution in [0.2, 0.25) is 0 Å². The molecule has 1 aliphatic heterocycles. The third kappa shape index (κ3) is 5.70. The predicted molar refractivity (Wildman–Crippen MR) is 164 cm³/mol. The fourth-order valence-corrected chi connectivity index (χ4v) is 6.04. The smallest absolute Gasteiger partial charge is 0.256 e. The highest BCUT2D eigenvalue weighted by atomic mass is 32.2. The van der Waals surface area contributed by atoms with Crippen LogP contribution in [0.4, 0.5) is 0 Å². The van der Waals surface area contributed by atoms with Gasteiger partial charge in [-0.1, -0.05) is 54.6 Å². The first kappa shape index (κ1) is 27.8. The van der Waals surface area contributed by atoms with Crippen molar-refractivity contribution in [1.82, 2.24) is 20.3 Å². The van der Waals surface area contributed by atoms with Gasteiger partial charge >= 0.3 is 0 Å². The maximum Gasteiger partial charge on any atom is 0.256 e. The molecule has 0 bridgehead atoms. The molecule has 2 fully saturated rings. The SMILES string of the molecule is C=C[C@@H]1C[C@]1(NC(=O)[C@@H]1C[C@@H](Oc2cc(-c3ccccc3)nc3cc(OC)ccc23)CN1)C(=O)NSc1ccccc1. The summed E-state index contributed by atoms with van der Waals surface area (Å²) in [5.74, 6) is 0.829. The third-order valence-corrected chi connectivity index (χ3v) is 8.60. The Morgan fingerprint density at radius 3 is 2.55 bits per heavy atom. The Kier molecular flexibility index (Phi) is 7.86. The van der Waals surface area contributed by atoms with Gasteiger partial charge in [0.05, 0.1) is 24.4 Å². The number of rotatable bonds is 10. The van der Waals surface area contributed by atoms with Gasteiger partial charge in [-0.3, -0.25) is 14.3 Å². The van der Waals surface area contributed by atoms with Crippen molar-refractivity contribution in [1.29, 1.82) is 0 Å². The molecule has 4 atom stereocenters. The van der Waals surface area contributed by atoms with Crippen LogP contribution < -0.4 is 24.8 Å². The van der Waals surface area contributed by atoms with Crippen LogP contribution in [0, 0.1) is 5.92 Å². The van der Waals surface area contributed by atoms with Gasteiger partial charge in [-0.15, -0.1) is 6.58 Å². The van der Waals surface area contributed by atoms with Gasteiger partial charge in [-0.05, 0) is 42.6 Å². The molecule has 2 heterocycles. The molecule has 6 rings (SSSR count). The minimum Gasteiger partial charge on any atom is -0.497 e. The second-order valence-corrected chi connectivity index (χ2v) is 11.4. The molecule has 8 nitrogen and oxygen atoms in total. The van der Waals surface area contributed by atoms with Gasteiger partial charge in [0.15, 0.2) is 0 Å². The number of fused-ring (bicyclic) bond motifs is 1. The molecule has 1 aliphatic carbocycles. The number of methoxy groups -OCH3 is 1. The minimum atomic E-state index is -0.994. The number of hydrogen-bond donors (Lipinski definition) is 3. The molecule has 214 valence electrons. The maximum atomic E-state index is 13.4. The van der Waals surface area contributed by atoms with E-state index in [0.717, 1.165) is 27.1 Å². The predicted octanol–water partition coefficient (Wildman–Crippen LogP) is 4.90. The number of benzene rings is 3. The van der Waals surface area contributed by atoms with Crippen LogP contribution in [-0.4, -0.2) is 48.1 Å². The molecule has 9 heteroatoms. The monoisotopic (exact) mass is 580 g/mol. The van der Waals surface area contributed by atoms with Gasteiger partial charge in [0.25, 0.3) is 5.91 Å². The number of nitrogens with zero attached hydrogens (tertiary/aromatic N) is 1. The van der Waals surface area contributed by atoms with Crippen molar-refractivity contribution in [3.05, 3.63) is 97.6 Å². The lowest BCUT2D eigenvalue weighted by atomic mass is 10.1. The number of hydrogen-bond acceptors (Lipinski definition) is 7. The van der Waals surface area contributed by atoms with Crippen LogP contribution in [0.15, 0.2) is 102 Å². The quantitative estimate of drug-likeness (QED) is 0.181. The summed E-state index contributed by atoms with van der Waals surface area (Å²) in [5.41, 5.74) is 1.53. The number of amides is 2. The average Bonchev–Trinajstić information content (AvgIpc) is 3.55. The molecular formula is C33H32N4O4S. The highest BCUT2D eigenvalue weighted by Crippen LogP contribution is 2.45. The summed E-state index contributed by atoms with van der Waals surface area (Å²) < 4.78 is 14.8. The molecule has 0 spiro atoms. The van der Waals surface area contributed by atoms with E-state index < -0.39 is 11.6 Å². The molecule has 0 radical (unpaired) electrons. The van der Waals surface area contributed by atoms with Crippen molar-refractivity contribution >= 4 is 34.7 Å². The van der Waals surface area contributed by atoms with E-state index >= 15 is 0 Å². The third-order valence-electron chi connectivity index (χ3n) is 7.80. The van der Waals surface area contributed by atoms with E-state index in [1.807, 2.05) is 84.9 Å². The first-order chi connectivity index (χ1) is 20.5. The lowest BCUT2D eigenvalue weighted by molar-refractivity contribution is -0.130. The van der Waals surface area contributed by atoms with E-state index in [2.05, 4.69) is 21.9 Å². The van der Waals surface area contributed by atoms with Crippen molar-refractivity contribution < 1.29 is 19.1 Å². The van der Waals surface area contributed by atoms with Gasteiger partial charge in [0, 0.05) is 46.9 Å². The Labute approximate surface area is 249 Å². The average molecular weight is 581 g/mol. The molecular weight excluding hydrogens is 548 g/mol. The van der Waals surface area contributed by atoms with Crippen molar-refractivity contribution in [2.45, 2.75) is 35.4 Å². The van der Waals surface area contributed by atoms with E-state index in [4.69, 9.17) is 14.5 Å². The summed E-state index contributed by atoms with van der Waals surface area (Å²) in [4.78, 5) is 32.4. The summed E-state index contributed by atoms with van der Waals surface area (Å²) in [6.07, 6.45) is 2.46. The molecule has 3 N–H and O–H groups in total. The Hall–Kier alpha value is -4.34. The molecule has 42 heavy (non-hydrogen) atoms. The number of carbonyl (C=O) groups is 2. The molecule has 0 unspecified atom stereocenters. The fourth-order valence-electron chi connectivity index (χ4n) is 5.36. The van der Waals surface area contributed by atoms with Gasteiger partial charge < -0.3 is 20.1 Å². The Morgan fingerprint density at radius 2 is 1.83 bits per heavy atom. The molecule has 4 aromatic rings. The van der Waals surface area contributed by atoms with Crippen molar-refractivity contribution in [2.75, 3.05) is 13.7 Å². The highest BCUT2D eigenvalue weighted by molar-refractivity contribution is 7.98. The summed E-state index contributed by atoms with van der Waals surface area (Å²) in [6.45, 7) is 4.35. The fraction of sp³-hybridized carbons (Fsp3) is 0.242. The minimum absolute atomic E-state index is 0.122. The zero-order valence-electron chi connectivity index (χ0n) is 23.2. The van der Waals surface area contributed by atoms with Crippen molar-refractivity contribution in [3.63, 3.8) is 0 Å². The molecule has 1 saturated heterocycles. The van der Waals surface area contributed by atoms with Crippen LogP contribution in [0.1, 0.15) is 12.8 Å². The van der Waals surface area contributed by atoms with E-state index in [0.29, 0.717) is 30.9 Å². The summed E-state index contributed by atoms with van der Waals surface area (Å²) in [7, 11) is 1.63. The Balaban J connectivity index is 1.15. The van der Waals surface area contributed by atoms with Crippen LogP contribution in [-0.2, 0) is 9.59 Å². The van der Waals surface area contributed by atoms with Gasteiger partial charge in [0.1, 0.15) is 23.1 Å². The van der Waals surface area contributed by atoms with Crippen LogP contribution in [0.3, 0.4) is 0 Å².